The second-order valence-electron chi connectivity index (χ2n) is 6.27. The minimum atomic E-state index is -0.514. The fourth-order valence-electron chi connectivity index (χ4n) is 2.63. The van der Waals surface area contributed by atoms with E-state index in [4.69, 9.17) is 11.0 Å². The summed E-state index contributed by atoms with van der Waals surface area (Å²) in [6, 6.07) is 10.1. The summed E-state index contributed by atoms with van der Waals surface area (Å²) in [6.45, 7) is 7.56. The van der Waals surface area contributed by atoms with Crippen LogP contribution in [-0.4, -0.2) is 45.7 Å². The summed E-state index contributed by atoms with van der Waals surface area (Å²) in [5.41, 5.74) is 7.58. The second-order valence-corrected chi connectivity index (χ2v) is 6.27. The summed E-state index contributed by atoms with van der Waals surface area (Å²) in [4.78, 5) is 16.2. The minimum absolute atomic E-state index is 0. The molecule has 0 saturated carbocycles. The van der Waals surface area contributed by atoms with Crippen LogP contribution in [0.25, 0.3) is 6.08 Å². The van der Waals surface area contributed by atoms with Crippen molar-refractivity contribution in [3.63, 3.8) is 0 Å². The van der Waals surface area contributed by atoms with E-state index in [2.05, 4.69) is 57.7 Å². The van der Waals surface area contributed by atoms with Crippen molar-refractivity contribution >= 4 is 12.0 Å². The predicted octanol–water partition coefficient (Wildman–Crippen LogP) is 2.38. The largest absolute Gasteiger partial charge is 0.387 e. The number of carbonyl (C=O) groups excluding carboxylic acids is 1. The molecule has 2 aliphatic rings. The summed E-state index contributed by atoms with van der Waals surface area (Å²) in [5.74, 6) is -0.481. The van der Waals surface area contributed by atoms with Crippen molar-refractivity contribution in [1.82, 2.24) is 25.0 Å². The van der Waals surface area contributed by atoms with Crippen LogP contribution in [0.1, 0.15) is 45.1 Å². The Kier molecular flexibility index (Phi) is 11.4. The van der Waals surface area contributed by atoms with Gasteiger partial charge >= 0.3 is 0 Å². The summed E-state index contributed by atoms with van der Waals surface area (Å²) in [7, 11) is 2.17. The molecule has 2 aromatic rings. The maximum absolute atomic E-state index is 10.3. The molecule has 8 heteroatoms. The molecule has 0 radical (unpaired) electrons. The molecule has 158 valence electrons. The van der Waals surface area contributed by atoms with Crippen LogP contribution in [-0.2, 0) is 17.9 Å². The van der Waals surface area contributed by atoms with Crippen LogP contribution in [0.4, 0.5) is 0 Å². The fraction of sp³-hybridized carbons (Fsp3) is 0.429. The average Bonchev–Trinajstić information content (AvgIpc) is 3.41. The molecule has 1 aromatic heterocycles. The normalized spacial score (nSPS) is 13.7. The van der Waals surface area contributed by atoms with E-state index in [9.17, 15) is 4.79 Å². The van der Waals surface area contributed by atoms with E-state index in [0.717, 1.165) is 6.54 Å². The molecular weight excluding hydrogens is 366 g/mol. The van der Waals surface area contributed by atoms with Crippen LogP contribution in [0, 0.1) is 11.3 Å². The van der Waals surface area contributed by atoms with Gasteiger partial charge in [0.05, 0.1) is 0 Å². The summed E-state index contributed by atoms with van der Waals surface area (Å²) in [5, 5.41) is 15.1. The number of amides is 1. The van der Waals surface area contributed by atoms with Gasteiger partial charge in [-0.05, 0) is 56.4 Å². The Morgan fingerprint density at radius 3 is 2.52 bits per heavy atom. The molecule has 8 nitrogen and oxygen atoms in total. The van der Waals surface area contributed by atoms with Crippen molar-refractivity contribution in [2.75, 3.05) is 20.1 Å². The molecule has 1 fully saturated rings. The van der Waals surface area contributed by atoms with Gasteiger partial charge in [0.2, 0.25) is 5.91 Å². The number of nitrogens with zero attached hydrogens (tertiary/aromatic N) is 5. The predicted molar refractivity (Wildman–Crippen MR) is 116 cm³/mol. The summed E-state index contributed by atoms with van der Waals surface area (Å²) in [6.07, 6.45) is 8.19. The monoisotopic (exact) mass is 399 g/mol. The van der Waals surface area contributed by atoms with Crippen molar-refractivity contribution < 1.29 is 6.22 Å². The Morgan fingerprint density at radius 2 is 2.00 bits per heavy atom. The zero-order valence-electron chi connectivity index (χ0n) is 17.5. The van der Waals surface area contributed by atoms with Gasteiger partial charge in [0.1, 0.15) is 18.9 Å². The molecular formula is C21H33N7O. The van der Waals surface area contributed by atoms with E-state index in [1.165, 1.54) is 48.1 Å². The molecule has 1 saturated heterocycles. The highest BCUT2D eigenvalue weighted by Gasteiger charge is 2.03. The molecule has 1 amide bonds. The van der Waals surface area contributed by atoms with E-state index in [1.807, 2.05) is 20.0 Å². The molecule has 3 N–H and O–H groups in total. The number of fused-ring (bicyclic) bond motifs is 1. The van der Waals surface area contributed by atoms with Gasteiger partial charge in [-0.25, -0.2) is 9.67 Å². The number of rotatable bonds is 2. The zero-order valence-corrected chi connectivity index (χ0v) is 17.5. The Labute approximate surface area is 174 Å². The highest BCUT2D eigenvalue weighted by Crippen LogP contribution is 2.12. The van der Waals surface area contributed by atoms with Crippen LogP contribution in [0.5, 0.6) is 0 Å². The number of hydrogen-bond donors (Lipinski definition) is 2. The number of nitrogens with two attached hydrogens (primary N) is 1. The Hall–Kier alpha value is -3.18. The first-order valence-electron chi connectivity index (χ1n) is 9.82. The molecule has 0 spiro atoms. The van der Waals surface area contributed by atoms with Gasteiger partial charge in [0, 0.05) is 7.97 Å². The quantitative estimate of drug-likeness (QED) is 0.802. The van der Waals surface area contributed by atoms with Crippen LogP contribution < -0.4 is 11.1 Å². The van der Waals surface area contributed by atoms with Gasteiger partial charge in [-0.3, -0.25) is 4.79 Å². The number of hydrogen-bond acceptors (Lipinski definition) is 6. The highest BCUT2D eigenvalue weighted by molar-refractivity contribution is 5.73. The van der Waals surface area contributed by atoms with E-state index < -0.39 is 5.91 Å². The lowest BCUT2D eigenvalue weighted by Gasteiger charge is -2.10. The molecule has 0 aliphatic carbocycles. The number of aromatic nitrogens is 3. The van der Waals surface area contributed by atoms with Crippen molar-refractivity contribution in [2.45, 2.75) is 39.8 Å². The Balaban J connectivity index is 0.000000410. The fourth-order valence-corrected chi connectivity index (χ4v) is 2.63. The van der Waals surface area contributed by atoms with Gasteiger partial charge in [-0.1, -0.05) is 38.1 Å². The molecule has 1 aromatic carbocycles. The van der Waals surface area contributed by atoms with Crippen molar-refractivity contribution in [1.29, 1.82) is 5.26 Å². The first kappa shape index (κ1) is 23.9. The van der Waals surface area contributed by atoms with E-state index in [1.54, 1.807) is 6.07 Å². The average molecular weight is 400 g/mol. The third-order valence-electron chi connectivity index (χ3n) is 4.01. The lowest BCUT2D eigenvalue weighted by atomic mass is 10.1. The molecule has 0 atom stereocenters. The minimum Gasteiger partial charge on any atom is -0.387 e. The third kappa shape index (κ3) is 9.53. The van der Waals surface area contributed by atoms with Gasteiger partial charge < -0.3 is 16.0 Å². The number of nitriles is 1. The van der Waals surface area contributed by atoms with Crippen LogP contribution >= 0.6 is 0 Å². The van der Waals surface area contributed by atoms with Crippen LogP contribution in [0.15, 0.2) is 36.8 Å². The Bertz CT molecular complexity index is 808. The first-order valence-corrected chi connectivity index (χ1v) is 9.82. The van der Waals surface area contributed by atoms with Crippen molar-refractivity contribution in [2.24, 2.45) is 5.73 Å². The van der Waals surface area contributed by atoms with E-state index in [-0.39, 0.29) is 13.8 Å². The van der Waals surface area contributed by atoms with Gasteiger partial charge in [-0.15, -0.1) is 5.10 Å². The second kappa shape index (κ2) is 13.9. The number of carbonyl (C=O) groups is 1. The number of nitrogens with one attached hydrogen (secondary N) is 1. The van der Waals surface area contributed by atoms with Crippen molar-refractivity contribution in [3.05, 3.63) is 53.7 Å². The standard InChI is InChI=1S/C9H9N.C5H5N5O.C5H11N.C2H6.H2/c1-2-4-9-7-10-6-5-8(9)3-1;6-1-5-8-3-10(9-5)2-4(7)11;1-6-4-2-3-5-6;1-2;/h1-6,10H,7H2;3H,2H2,(H2,7,11);2-5H2,1H3;1-2H3;1H. The SMILES string of the molecule is C1=Cc2ccccc2CN1.CC.CN1CCCC1.N#Cc1ncn(CC(N)=O)n1.[HH]. The lowest BCUT2D eigenvalue weighted by molar-refractivity contribution is -0.118. The Morgan fingerprint density at radius 1 is 1.31 bits per heavy atom. The van der Waals surface area contributed by atoms with Gasteiger partial charge in [0.25, 0.3) is 5.82 Å². The van der Waals surface area contributed by atoms with Gasteiger partial charge in [0.15, 0.2) is 0 Å². The zero-order chi connectivity index (χ0) is 21.5. The topological polar surface area (TPSA) is 113 Å². The molecule has 29 heavy (non-hydrogen) atoms. The molecule has 2 aliphatic heterocycles. The number of benzene rings is 1. The van der Waals surface area contributed by atoms with Crippen LogP contribution in [0.3, 0.4) is 0 Å². The maximum atomic E-state index is 10.3. The van der Waals surface area contributed by atoms with Crippen LogP contribution in [0.2, 0.25) is 0 Å². The lowest BCUT2D eigenvalue weighted by Crippen LogP contribution is -2.18. The maximum Gasteiger partial charge on any atom is 0.252 e. The van der Waals surface area contributed by atoms with E-state index in [0.29, 0.717) is 0 Å². The van der Waals surface area contributed by atoms with E-state index >= 15 is 0 Å². The van der Waals surface area contributed by atoms with Crippen molar-refractivity contribution in [3.8, 4) is 6.07 Å². The molecule has 0 bridgehead atoms. The third-order valence-corrected chi connectivity index (χ3v) is 4.01. The first-order chi connectivity index (χ1) is 14.1. The van der Waals surface area contributed by atoms with Gasteiger partial charge in [-0.2, -0.15) is 5.26 Å². The molecule has 4 rings (SSSR count). The summed E-state index contributed by atoms with van der Waals surface area (Å²) < 4.78 is 1.21. The molecule has 3 heterocycles. The smallest absolute Gasteiger partial charge is 0.252 e. The number of likely N-dealkylation sites (tertiary alicyclic amines) is 1. The molecule has 0 unspecified atom stereocenters. The summed E-state index contributed by atoms with van der Waals surface area (Å²) >= 11 is 0. The highest BCUT2D eigenvalue weighted by atomic mass is 16.1. The number of primary amides is 1.